The second-order valence-electron chi connectivity index (χ2n) is 4.91. The highest BCUT2D eigenvalue weighted by molar-refractivity contribution is 7.99. The van der Waals surface area contributed by atoms with Gasteiger partial charge in [0.1, 0.15) is 0 Å². The van der Waals surface area contributed by atoms with Gasteiger partial charge in [-0.1, -0.05) is 30.8 Å². The molecule has 0 amide bonds. The summed E-state index contributed by atoms with van der Waals surface area (Å²) >= 11 is 2.72. The summed E-state index contributed by atoms with van der Waals surface area (Å²) in [6.45, 7) is 2.04. The predicted octanol–water partition coefficient (Wildman–Crippen LogP) is 2.20. The van der Waals surface area contributed by atoms with Gasteiger partial charge in [0, 0.05) is 31.2 Å². The van der Waals surface area contributed by atoms with Crippen molar-refractivity contribution in [1.82, 2.24) is 13.7 Å². The number of benzene rings is 1. The van der Waals surface area contributed by atoms with E-state index in [1.54, 1.807) is 12.1 Å². The molecular weight excluding hydrogens is 368 g/mol. The van der Waals surface area contributed by atoms with Crippen LogP contribution in [0.4, 0.5) is 5.13 Å². The van der Waals surface area contributed by atoms with Gasteiger partial charge < -0.3 is 5.32 Å². The number of carbonyl (C=O) groups excluding carboxylic acids is 1. The molecule has 130 valence electrons. The fourth-order valence-electron chi connectivity index (χ4n) is 1.77. The average molecular weight is 387 g/mol. The SMILES string of the molecule is CCSc1nsc(NCC(=O)c2cccc(S(=O)(=O)N(C)C)c2)n1. The van der Waals surface area contributed by atoms with E-state index in [2.05, 4.69) is 14.7 Å². The van der Waals surface area contributed by atoms with Crippen molar-refractivity contribution >= 4 is 44.2 Å². The highest BCUT2D eigenvalue weighted by atomic mass is 32.2. The summed E-state index contributed by atoms with van der Waals surface area (Å²) in [7, 11) is -0.663. The van der Waals surface area contributed by atoms with Gasteiger partial charge in [0.05, 0.1) is 11.4 Å². The number of rotatable bonds is 8. The van der Waals surface area contributed by atoms with Crippen LogP contribution in [0, 0.1) is 0 Å². The normalized spacial score (nSPS) is 11.7. The molecule has 2 aromatic rings. The predicted molar refractivity (Wildman–Crippen MR) is 96.4 cm³/mol. The number of anilines is 1. The summed E-state index contributed by atoms with van der Waals surface area (Å²) in [4.78, 5) is 16.6. The van der Waals surface area contributed by atoms with E-state index in [9.17, 15) is 13.2 Å². The van der Waals surface area contributed by atoms with Crippen molar-refractivity contribution in [2.24, 2.45) is 0 Å². The van der Waals surface area contributed by atoms with Crippen LogP contribution in [0.3, 0.4) is 0 Å². The van der Waals surface area contributed by atoms with E-state index in [1.165, 1.54) is 49.5 Å². The van der Waals surface area contributed by atoms with Crippen LogP contribution in [0.15, 0.2) is 34.3 Å². The third-order valence-corrected chi connectivity index (χ3v) is 6.34. The number of Topliss-reactive ketones (excluding diaryl/α,β-unsaturated/α-hetero) is 1. The summed E-state index contributed by atoms with van der Waals surface area (Å²) < 4.78 is 29.5. The minimum absolute atomic E-state index is 0.0247. The molecule has 1 aromatic heterocycles. The first-order valence-electron chi connectivity index (χ1n) is 7.10. The topological polar surface area (TPSA) is 92.3 Å². The van der Waals surface area contributed by atoms with Gasteiger partial charge in [-0.15, -0.1) is 0 Å². The van der Waals surface area contributed by atoms with E-state index in [0.29, 0.717) is 15.9 Å². The highest BCUT2D eigenvalue weighted by Crippen LogP contribution is 2.20. The van der Waals surface area contributed by atoms with Crippen LogP contribution in [0.25, 0.3) is 0 Å². The van der Waals surface area contributed by atoms with Crippen molar-refractivity contribution in [3.05, 3.63) is 29.8 Å². The lowest BCUT2D eigenvalue weighted by Crippen LogP contribution is -2.22. The molecule has 0 atom stereocenters. The molecule has 0 aliphatic carbocycles. The Kier molecular flexibility index (Phi) is 6.33. The van der Waals surface area contributed by atoms with Crippen LogP contribution >= 0.6 is 23.3 Å². The first kappa shape index (κ1) is 18.8. The maximum atomic E-state index is 12.3. The Hall–Kier alpha value is -1.49. The fourth-order valence-corrected chi connectivity index (χ4v) is 3.98. The van der Waals surface area contributed by atoms with Crippen molar-refractivity contribution in [3.8, 4) is 0 Å². The van der Waals surface area contributed by atoms with Gasteiger partial charge >= 0.3 is 0 Å². The molecule has 0 fully saturated rings. The standard InChI is InChI=1S/C14H18N4O3S3/c1-4-22-14-16-13(23-17-14)15-9-12(19)10-6-5-7-11(8-10)24(20,21)18(2)3/h5-8H,4,9H2,1-3H3,(H,15,16,17). The van der Waals surface area contributed by atoms with Crippen molar-refractivity contribution in [2.45, 2.75) is 17.0 Å². The van der Waals surface area contributed by atoms with Gasteiger partial charge in [-0.05, 0) is 17.9 Å². The number of carbonyl (C=O) groups is 1. The molecule has 0 radical (unpaired) electrons. The van der Waals surface area contributed by atoms with Crippen LogP contribution < -0.4 is 5.32 Å². The first-order chi connectivity index (χ1) is 11.3. The number of nitrogens with zero attached hydrogens (tertiary/aromatic N) is 3. The van der Waals surface area contributed by atoms with Gasteiger partial charge in [-0.3, -0.25) is 4.79 Å². The Balaban J connectivity index is 2.07. The number of hydrogen-bond acceptors (Lipinski definition) is 8. The zero-order valence-electron chi connectivity index (χ0n) is 13.5. The van der Waals surface area contributed by atoms with E-state index in [-0.39, 0.29) is 17.2 Å². The zero-order valence-corrected chi connectivity index (χ0v) is 16.0. The molecule has 2 rings (SSSR count). The molecule has 1 aromatic carbocycles. The maximum Gasteiger partial charge on any atom is 0.242 e. The molecule has 0 spiro atoms. The van der Waals surface area contributed by atoms with E-state index in [4.69, 9.17) is 0 Å². The summed E-state index contributed by atoms with van der Waals surface area (Å²) in [6, 6.07) is 6.01. The number of sulfonamides is 1. The molecule has 0 aliphatic heterocycles. The molecule has 0 saturated carbocycles. The molecule has 24 heavy (non-hydrogen) atoms. The van der Waals surface area contributed by atoms with Crippen molar-refractivity contribution < 1.29 is 13.2 Å². The van der Waals surface area contributed by atoms with Gasteiger partial charge in [0.25, 0.3) is 0 Å². The minimum Gasteiger partial charge on any atom is -0.353 e. The third-order valence-electron chi connectivity index (χ3n) is 3.02. The minimum atomic E-state index is -3.57. The van der Waals surface area contributed by atoms with Crippen LogP contribution in [0.2, 0.25) is 0 Å². The van der Waals surface area contributed by atoms with E-state index in [0.717, 1.165) is 10.1 Å². The number of thioether (sulfide) groups is 1. The largest absolute Gasteiger partial charge is 0.353 e. The van der Waals surface area contributed by atoms with Crippen LogP contribution in [0.5, 0.6) is 0 Å². The third kappa shape index (κ3) is 4.53. The Labute approximate surface area is 149 Å². The van der Waals surface area contributed by atoms with Crippen LogP contribution in [0.1, 0.15) is 17.3 Å². The second-order valence-corrected chi connectivity index (χ2v) is 9.04. The monoisotopic (exact) mass is 386 g/mol. The maximum absolute atomic E-state index is 12.3. The smallest absolute Gasteiger partial charge is 0.242 e. The van der Waals surface area contributed by atoms with Gasteiger partial charge in [-0.25, -0.2) is 12.7 Å². The summed E-state index contributed by atoms with van der Waals surface area (Å²) in [5.74, 6) is 0.660. The molecule has 7 nitrogen and oxygen atoms in total. The average Bonchev–Trinajstić information content (AvgIpc) is 3.00. The van der Waals surface area contributed by atoms with E-state index in [1.807, 2.05) is 6.92 Å². The molecule has 0 aliphatic rings. The molecule has 1 N–H and O–H groups in total. The lowest BCUT2D eigenvalue weighted by molar-refractivity contribution is 0.101. The number of aromatic nitrogens is 2. The number of hydrogen-bond donors (Lipinski definition) is 1. The summed E-state index contributed by atoms with van der Waals surface area (Å²) in [5.41, 5.74) is 0.332. The lowest BCUT2D eigenvalue weighted by Gasteiger charge is -2.12. The molecular formula is C14H18N4O3S3. The fraction of sp³-hybridized carbons (Fsp3) is 0.357. The molecule has 0 saturated heterocycles. The zero-order chi connectivity index (χ0) is 17.7. The van der Waals surface area contributed by atoms with Gasteiger partial charge in [0.2, 0.25) is 20.3 Å². The van der Waals surface area contributed by atoms with Crippen molar-refractivity contribution in [3.63, 3.8) is 0 Å². The first-order valence-corrected chi connectivity index (χ1v) is 10.3. The van der Waals surface area contributed by atoms with Crippen LogP contribution in [-0.2, 0) is 10.0 Å². The molecule has 0 bridgehead atoms. The quantitative estimate of drug-likeness (QED) is 0.549. The second kappa shape index (κ2) is 8.06. The van der Waals surface area contributed by atoms with Crippen molar-refractivity contribution in [1.29, 1.82) is 0 Å². The Morgan fingerprint density at radius 1 is 1.38 bits per heavy atom. The van der Waals surface area contributed by atoms with E-state index < -0.39 is 10.0 Å². The van der Waals surface area contributed by atoms with E-state index >= 15 is 0 Å². The van der Waals surface area contributed by atoms with Crippen molar-refractivity contribution in [2.75, 3.05) is 31.7 Å². The molecule has 0 unspecified atom stereocenters. The Morgan fingerprint density at radius 2 is 2.12 bits per heavy atom. The highest BCUT2D eigenvalue weighted by Gasteiger charge is 2.18. The Morgan fingerprint density at radius 3 is 2.79 bits per heavy atom. The number of nitrogens with one attached hydrogen (secondary N) is 1. The molecule has 10 heteroatoms. The summed E-state index contributed by atoms with van der Waals surface area (Å²) in [5, 5.41) is 4.17. The van der Waals surface area contributed by atoms with Crippen LogP contribution in [-0.4, -0.2) is 54.3 Å². The Bertz CT molecular complexity index is 818. The van der Waals surface area contributed by atoms with Gasteiger partial charge in [0.15, 0.2) is 5.78 Å². The van der Waals surface area contributed by atoms with Gasteiger partial charge in [-0.2, -0.15) is 9.36 Å². The number of ketones is 1. The lowest BCUT2D eigenvalue weighted by atomic mass is 10.1. The molecule has 1 heterocycles. The summed E-state index contributed by atoms with van der Waals surface area (Å²) in [6.07, 6.45) is 0.